The Labute approximate surface area is 70.5 Å². The van der Waals surface area contributed by atoms with Gasteiger partial charge in [0.1, 0.15) is 6.04 Å². The molecule has 0 spiro atoms. The van der Waals surface area contributed by atoms with Crippen LogP contribution in [0.1, 0.15) is 6.92 Å². The lowest BCUT2D eigenvalue weighted by molar-refractivity contribution is -0.137. The van der Waals surface area contributed by atoms with Crippen LogP contribution in [-0.2, 0) is 14.3 Å². The van der Waals surface area contributed by atoms with E-state index >= 15 is 0 Å². The summed E-state index contributed by atoms with van der Waals surface area (Å²) in [5.74, 6) is -0.604. The zero-order valence-electron chi connectivity index (χ0n) is 7.09. The maximum Gasteiger partial charge on any atom is 0.246 e. The summed E-state index contributed by atoms with van der Waals surface area (Å²) in [7, 11) is 1.51. The fourth-order valence-corrected chi connectivity index (χ4v) is 1.06. The van der Waals surface area contributed by atoms with Crippen molar-refractivity contribution in [3.63, 3.8) is 0 Å². The van der Waals surface area contributed by atoms with Crippen LogP contribution in [0.3, 0.4) is 0 Å². The van der Waals surface area contributed by atoms with Gasteiger partial charge in [0, 0.05) is 7.11 Å². The molecule has 5 heteroatoms. The lowest BCUT2D eigenvalue weighted by Gasteiger charge is -2.26. The van der Waals surface area contributed by atoms with E-state index in [1.165, 1.54) is 7.11 Å². The summed E-state index contributed by atoms with van der Waals surface area (Å²) in [4.78, 5) is 22.0. The Morgan fingerprint density at radius 1 is 1.42 bits per heavy atom. The van der Waals surface area contributed by atoms with Gasteiger partial charge >= 0.3 is 0 Å². The van der Waals surface area contributed by atoms with Gasteiger partial charge < -0.3 is 4.74 Å². The third kappa shape index (κ3) is 1.80. The molecule has 0 bridgehead atoms. The molecule has 1 aliphatic rings. The molecule has 2 amide bonds. The van der Waals surface area contributed by atoms with Crippen LogP contribution in [0.15, 0.2) is 0 Å². The SMILES string of the molecule is COCC1NC(C)C(=O)NC1=O. The standard InChI is InChI=1S/C7H12N2O3/c1-4-6(10)9-7(11)5(8-4)3-12-2/h4-5,8H,3H2,1-2H3,(H,9,10,11). The van der Waals surface area contributed by atoms with Crippen molar-refractivity contribution >= 4 is 11.8 Å². The Morgan fingerprint density at radius 2 is 2.08 bits per heavy atom. The molecule has 1 aliphatic heterocycles. The van der Waals surface area contributed by atoms with Crippen LogP contribution in [0.25, 0.3) is 0 Å². The smallest absolute Gasteiger partial charge is 0.246 e. The number of imide groups is 1. The van der Waals surface area contributed by atoms with Crippen molar-refractivity contribution in [3.05, 3.63) is 0 Å². The molecule has 0 aliphatic carbocycles. The van der Waals surface area contributed by atoms with Crippen molar-refractivity contribution in [3.8, 4) is 0 Å². The first-order valence-corrected chi connectivity index (χ1v) is 3.75. The zero-order chi connectivity index (χ0) is 9.14. The molecule has 2 unspecified atom stereocenters. The lowest BCUT2D eigenvalue weighted by Crippen LogP contribution is -2.62. The third-order valence-corrected chi connectivity index (χ3v) is 1.74. The molecule has 0 radical (unpaired) electrons. The Morgan fingerprint density at radius 3 is 2.67 bits per heavy atom. The van der Waals surface area contributed by atoms with Gasteiger partial charge in [0.15, 0.2) is 0 Å². The van der Waals surface area contributed by atoms with E-state index in [0.29, 0.717) is 0 Å². The Balaban J connectivity index is 2.55. The predicted molar refractivity (Wildman–Crippen MR) is 41.4 cm³/mol. The molecule has 1 saturated heterocycles. The van der Waals surface area contributed by atoms with Crippen LogP contribution in [0.5, 0.6) is 0 Å². The van der Waals surface area contributed by atoms with Gasteiger partial charge in [-0.1, -0.05) is 0 Å². The highest BCUT2D eigenvalue weighted by Crippen LogP contribution is 1.96. The number of rotatable bonds is 2. The van der Waals surface area contributed by atoms with Crippen LogP contribution in [0, 0.1) is 0 Å². The van der Waals surface area contributed by atoms with Gasteiger partial charge in [-0.2, -0.15) is 0 Å². The molecular weight excluding hydrogens is 160 g/mol. The molecule has 2 N–H and O–H groups in total. The van der Waals surface area contributed by atoms with Crippen molar-refractivity contribution in [1.82, 2.24) is 10.6 Å². The van der Waals surface area contributed by atoms with Crippen LogP contribution in [0.2, 0.25) is 0 Å². The molecule has 0 aromatic heterocycles. The van der Waals surface area contributed by atoms with Crippen LogP contribution in [-0.4, -0.2) is 37.6 Å². The van der Waals surface area contributed by atoms with E-state index in [0.717, 1.165) is 0 Å². The van der Waals surface area contributed by atoms with Crippen LogP contribution in [0.4, 0.5) is 0 Å². The number of amides is 2. The molecule has 68 valence electrons. The second-order valence-corrected chi connectivity index (χ2v) is 2.75. The first-order chi connectivity index (χ1) is 5.65. The van der Waals surface area contributed by atoms with Crippen LogP contribution < -0.4 is 10.6 Å². The molecule has 0 aromatic carbocycles. The largest absolute Gasteiger partial charge is 0.383 e. The van der Waals surface area contributed by atoms with E-state index in [4.69, 9.17) is 4.74 Å². The van der Waals surface area contributed by atoms with Crippen LogP contribution >= 0.6 is 0 Å². The average molecular weight is 172 g/mol. The first-order valence-electron chi connectivity index (χ1n) is 3.75. The third-order valence-electron chi connectivity index (χ3n) is 1.74. The molecule has 1 fully saturated rings. The van der Waals surface area contributed by atoms with E-state index in [-0.39, 0.29) is 24.5 Å². The van der Waals surface area contributed by atoms with Crippen molar-refractivity contribution < 1.29 is 14.3 Å². The van der Waals surface area contributed by atoms with E-state index in [1.54, 1.807) is 6.92 Å². The number of piperazine rings is 1. The van der Waals surface area contributed by atoms with Crippen molar-refractivity contribution in [2.24, 2.45) is 0 Å². The molecular formula is C7H12N2O3. The van der Waals surface area contributed by atoms with E-state index in [9.17, 15) is 9.59 Å². The number of hydrogen-bond donors (Lipinski definition) is 2. The minimum Gasteiger partial charge on any atom is -0.383 e. The van der Waals surface area contributed by atoms with E-state index in [2.05, 4.69) is 10.6 Å². The summed E-state index contributed by atoms with van der Waals surface area (Å²) in [6.07, 6.45) is 0. The maximum absolute atomic E-state index is 11.1. The molecule has 1 rings (SSSR count). The van der Waals surface area contributed by atoms with Gasteiger partial charge in [-0.15, -0.1) is 0 Å². The van der Waals surface area contributed by atoms with Gasteiger partial charge in [-0.05, 0) is 6.92 Å². The number of ether oxygens (including phenoxy) is 1. The lowest BCUT2D eigenvalue weighted by atomic mass is 10.1. The van der Waals surface area contributed by atoms with Crippen molar-refractivity contribution in [2.75, 3.05) is 13.7 Å². The molecule has 1 heterocycles. The summed E-state index contributed by atoms with van der Waals surface area (Å²) in [6, 6.07) is -0.745. The molecule has 12 heavy (non-hydrogen) atoms. The molecule has 5 nitrogen and oxygen atoms in total. The minimum atomic E-state index is -0.414. The fourth-order valence-electron chi connectivity index (χ4n) is 1.06. The number of methoxy groups -OCH3 is 1. The summed E-state index contributed by atoms with van der Waals surface area (Å²) in [5.41, 5.74) is 0. The average Bonchev–Trinajstić information content (AvgIpc) is 2.01. The summed E-state index contributed by atoms with van der Waals surface area (Å²) < 4.78 is 4.80. The van der Waals surface area contributed by atoms with Gasteiger partial charge in [0.05, 0.1) is 12.6 Å². The number of hydrogen-bond acceptors (Lipinski definition) is 4. The summed E-state index contributed by atoms with van der Waals surface area (Å²) >= 11 is 0. The number of nitrogens with one attached hydrogen (secondary N) is 2. The van der Waals surface area contributed by atoms with Gasteiger partial charge in [0.25, 0.3) is 0 Å². The quantitative estimate of drug-likeness (QED) is 0.505. The minimum absolute atomic E-state index is 0.281. The molecule has 2 atom stereocenters. The molecule has 0 aromatic rings. The van der Waals surface area contributed by atoms with Gasteiger partial charge in [0.2, 0.25) is 11.8 Å². The maximum atomic E-state index is 11.1. The highest BCUT2D eigenvalue weighted by molar-refractivity contribution is 6.02. The highest BCUT2D eigenvalue weighted by atomic mass is 16.5. The second kappa shape index (κ2) is 3.64. The number of carbonyl (C=O) groups excluding carboxylic acids is 2. The second-order valence-electron chi connectivity index (χ2n) is 2.75. The van der Waals surface area contributed by atoms with E-state index < -0.39 is 6.04 Å². The Bertz CT molecular complexity index is 205. The first kappa shape index (κ1) is 9.15. The van der Waals surface area contributed by atoms with Gasteiger partial charge in [-0.3, -0.25) is 20.2 Å². The Kier molecular flexibility index (Phi) is 2.78. The normalized spacial score (nSPS) is 30.2. The van der Waals surface area contributed by atoms with E-state index in [1.807, 2.05) is 0 Å². The summed E-state index contributed by atoms with van der Waals surface area (Å²) in [6.45, 7) is 1.98. The fraction of sp³-hybridized carbons (Fsp3) is 0.714. The molecule has 0 saturated carbocycles. The summed E-state index contributed by atoms with van der Waals surface area (Å²) in [5, 5.41) is 5.07. The zero-order valence-corrected chi connectivity index (χ0v) is 7.09. The highest BCUT2D eigenvalue weighted by Gasteiger charge is 2.30. The van der Waals surface area contributed by atoms with Crippen molar-refractivity contribution in [1.29, 1.82) is 0 Å². The number of carbonyl (C=O) groups is 2. The van der Waals surface area contributed by atoms with Crippen molar-refractivity contribution in [2.45, 2.75) is 19.0 Å². The Hall–Kier alpha value is -0.940. The predicted octanol–water partition coefficient (Wildman–Crippen LogP) is -1.36. The monoisotopic (exact) mass is 172 g/mol. The van der Waals surface area contributed by atoms with Gasteiger partial charge in [-0.25, -0.2) is 0 Å². The topological polar surface area (TPSA) is 67.4 Å².